The first kappa shape index (κ1) is 13.9. The van der Waals surface area contributed by atoms with Gasteiger partial charge in [0.2, 0.25) is 0 Å². The summed E-state index contributed by atoms with van der Waals surface area (Å²) in [4.78, 5) is 27.3. The lowest BCUT2D eigenvalue weighted by molar-refractivity contribution is -0.384. The van der Waals surface area contributed by atoms with Crippen molar-refractivity contribution in [2.24, 2.45) is 0 Å². The first-order valence-electron chi connectivity index (χ1n) is 5.59. The molecule has 0 radical (unpaired) electrons. The number of hydrogen-bond donors (Lipinski definition) is 1. The van der Waals surface area contributed by atoms with Crippen molar-refractivity contribution in [3.8, 4) is 0 Å². The summed E-state index contributed by atoms with van der Waals surface area (Å²) in [6, 6.07) is 4.24. The van der Waals surface area contributed by atoms with E-state index in [9.17, 15) is 14.9 Å². The average molecular weight is 293 g/mol. The van der Waals surface area contributed by atoms with Gasteiger partial charge in [0, 0.05) is 12.4 Å². The summed E-state index contributed by atoms with van der Waals surface area (Å²) in [6.45, 7) is 0.368. The van der Waals surface area contributed by atoms with Crippen molar-refractivity contribution in [2.45, 2.75) is 6.54 Å². The highest BCUT2D eigenvalue weighted by Gasteiger charge is 2.26. The maximum atomic E-state index is 11.2. The van der Waals surface area contributed by atoms with Crippen LogP contribution in [0.3, 0.4) is 0 Å². The lowest BCUT2D eigenvalue weighted by Crippen LogP contribution is -2.19. The number of nitro benzene ring substituents is 1. The zero-order valence-corrected chi connectivity index (χ0v) is 11.3. The van der Waals surface area contributed by atoms with Crippen molar-refractivity contribution in [1.82, 2.24) is 4.98 Å². The molecule has 1 aromatic heterocycles. The average Bonchev–Trinajstić information content (AvgIpc) is 2.90. The molecule has 0 unspecified atom stereocenters. The molecule has 0 aliphatic heterocycles. The largest absolute Gasteiger partial charge is 0.477 e. The number of aromatic nitrogens is 1. The first-order valence-corrected chi connectivity index (χ1v) is 6.54. The molecule has 0 saturated carbocycles. The van der Waals surface area contributed by atoms with Crippen molar-refractivity contribution in [3.05, 3.63) is 50.5 Å². The summed E-state index contributed by atoms with van der Waals surface area (Å²) in [5.41, 5.74) is 1.97. The number of aromatic carboxylic acids is 1. The number of thiazole rings is 1. The fourth-order valence-corrected chi connectivity index (χ4v) is 2.40. The van der Waals surface area contributed by atoms with Crippen LogP contribution in [0, 0.1) is 10.1 Å². The summed E-state index contributed by atoms with van der Waals surface area (Å²) >= 11 is 1.43. The number of benzene rings is 1. The summed E-state index contributed by atoms with van der Waals surface area (Å²) in [5.74, 6) is -1.32. The molecule has 0 atom stereocenters. The molecule has 20 heavy (non-hydrogen) atoms. The molecule has 1 aromatic carbocycles. The molecule has 1 heterocycles. The van der Waals surface area contributed by atoms with E-state index in [1.165, 1.54) is 29.5 Å². The highest BCUT2D eigenvalue weighted by atomic mass is 32.1. The Balaban J connectivity index is 2.42. The highest BCUT2D eigenvalue weighted by Crippen LogP contribution is 2.31. The summed E-state index contributed by atoms with van der Waals surface area (Å²) in [6.07, 6.45) is 0. The minimum atomic E-state index is -1.32. The Morgan fingerprint density at radius 2 is 2.30 bits per heavy atom. The standard InChI is InChI=1S/C12H11N3O4S/c1-14(5-8-6-20-7-13-8)10-4-2-3-9(12(16)17)11(10)15(18)19/h2-4,6-7H,5H2,1H3,(H,16,17). The molecular formula is C12H11N3O4S. The van der Waals surface area contributed by atoms with Crippen LogP contribution in [-0.4, -0.2) is 28.0 Å². The number of anilines is 1. The van der Waals surface area contributed by atoms with Gasteiger partial charge < -0.3 is 10.0 Å². The van der Waals surface area contributed by atoms with E-state index in [1.54, 1.807) is 17.5 Å². The summed E-state index contributed by atoms with van der Waals surface area (Å²) in [5, 5.41) is 22.0. The van der Waals surface area contributed by atoms with Crippen LogP contribution in [0.5, 0.6) is 0 Å². The Labute approximate surface area is 118 Å². The molecule has 2 aromatic rings. The smallest absolute Gasteiger partial charge is 0.342 e. The fourth-order valence-electron chi connectivity index (χ4n) is 1.85. The zero-order valence-electron chi connectivity index (χ0n) is 10.5. The van der Waals surface area contributed by atoms with E-state index >= 15 is 0 Å². The number of rotatable bonds is 5. The van der Waals surface area contributed by atoms with Crippen LogP contribution in [0.2, 0.25) is 0 Å². The quantitative estimate of drug-likeness (QED) is 0.671. The maximum absolute atomic E-state index is 11.2. The minimum absolute atomic E-state index is 0.253. The normalized spacial score (nSPS) is 10.2. The van der Waals surface area contributed by atoms with E-state index in [1.807, 2.05) is 5.38 Å². The van der Waals surface area contributed by atoms with Gasteiger partial charge in [-0.25, -0.2) is 9.78 Å². The molecule has 0 fully saturated rings. The predicted molar refractivity (Wildman–Crippen MR) is 74.3 cm³/mol. The molecule has 0 aliphatic rings. The Morgan fingerprint density at radius 1 is 1.55 bits per heavy atom. The number of carboxylic acid groups (broad SMARTS) is 1. The van der Waals surface area contributed by atoms with Gasteiger partial charge in [-0.3, -0.25) is 10.1 Å². The number of carboxylic acids is 1. The van der Waals surface area contributed by atoms with Crippen molar-refractivity contribution >= 4 is 28.7 Å². The Morgan fingerprint density at radius 3 is 2.85 bits per heavy atom. The monoisotopic (exact) mass is 293 g/mol. The van der Waals surface area contributed by atoms with Crippen molar-refractivity contribution < 1.29 is 14.8 Å². The van der Waals surface area contributed by atoms with Gasteiger partial charge in [0.25, 0.3) is 0 Å². The van der Waals surface area contributed by atoms with E-state index < -0.39 is 16.6 Å². The predicted octanol–water partition coefficient (Wildman–Crippen LogP) is 2.39. The minimum Gasteiger partial charge on any atom is -0.477 e. The fraction of sp³-hybridized carbons (Fsp3) is 0.167. The number of nitrogens with zero attached hydrogens (tertiary/aromatic N) is 3. The van der Waals surface area contributed by atoms with Crippen LogP contribution in [0.4, 0.5) is 11.4 Å². The van der Waals surface area contributed by atoms with Gasteiger partial charge in [0.15, 0.2) is 0 Å². The molecule has 0 spiro atoms. The molecule has 0 amide bonds. The molecule has 0 saturated heterocycles. The van der Waals surface area contributed by atoms with Gasteiger partial charge in [-0.2, -0.15) is 0 Å². The van der Waals surface area contributed by atoms with Crippen LogP contribution in [0.15, 0.2) is 29.1 Å². The molecule has 2 rings (SSSR count). The lowest BCUT2D eigenvalue weighted by Gasteiger charge is -2.18. The van der Waals surface area contributed by atoms with Gasteiger partial charge >= 0.3 is 11.7 Å². The summed E-state index contributed by atoms with van der Waals surface area (Å²) < 4.78 is 0. The van der Waals surface area contributed by atoms with Crippen LogP contribution >= 0.6 is 11.3 Å². The van der Waals surface area contributed by atoms with Gasteiger partial charge in [-0.1, -0.05) is 6.07 Å². The summed E-state index contributed by atoms with van der Waals surface area (Å²) in [7, 11) is 1.66. The third-order valence-electron chi connectivity index (χ3n) is 2.72. The van der Waals surface area contributed by atoms with E-state index in [0.29, 0.717) is 6.54 Å². The van der Waals surface area contributed by atoms with Gasteiger partial charge in [0.1, 0.15) is 11.3 Å². The van der Waals surface area contributed by atoms with Gasteiger partial charge in [-0.05, 0) is 12.1 Å². The Bertz CT molecular complexity index is 642. The van der Waals surface area contributed by atoms with E-state index in [2.05, 4.69) is 4.98 Å². The zero-order chi connectivity index (χ0) is 14.7. The molecule has 1 N–H and O–H groups in total. The Kier molecular flexibility index (Phi) is 3.94. The Hall–Kier alpha value is -2.48. The molecule has 0 bridgehead atoms. The van der Waals surface area contributed by atoms with E-state index in [0.717, 1.165) is 5.69 Å². The molecule has 8 heteroatoms. The van der Waals surface area contributed by atoms with Crippen LogP contribution < -0.4 is 4.90 Å². The number of carbonyl (C=O) groups is 1. The van der Waals surface area contributed by atoms with Crippen LogP contribution in [0.1, 0.15) is 16.1 Å². The second-order valence-electron chi connectivity index (χ2n) is 4.07. The number of nitro groups is 1. The second-order valence-corrected chi connectivity index (χ2v) is 4.79. The van der Waals surface area contributed by atoms with E-state index in [4.69, 9.17) is 5.11 Å². The maximum Gasteiger partial charge on any atom is 0.342 e. The second kappa shape index (κ2) is 5.66. The molecule has 0 aliphatic carbocycles. The van der Waals surface area contributed by atoms with Crippen LogP contribution in [-0.2, 0) is 6.54 Å². The highest BCUT2D eigenvalue weighted by molar-refractivity contribution is 7.07. The SMILES string of the molecule is CN(Cc1cscn1)c1cccc(C(=O)O)c1[N+](=O)[O-]. The lowest BCUT2D eigenvalue weighted by atomic mass is 10.1. The number of para-hydroxylation sites is 1. The van der Waals surface area contributed by atoms with E-state index in [-0.39, 0.29) is 11.3 Å². The topological polar surface area (TPSA) is 96.6 Å². The van der Waals surface area contributed by atoms with Crippen molar-refractivity contribution in [3.63, 3.8) is 0 Å². The molecule has 7 nitrogen and oxygen atoms in total. The van der Waals surface area contributed by atoms with Gasteiger partial charge in [-0.15, -0.1) is 11.3 Å². The molecular weight excluding hydrogens is 282 g/mol. The van der Waals surface area contributed by atoms with Crippen LogP contribution in [0.25, 0.3) is 0 Å². The third-order valence-corrected chi connectivity index (χ3v) is 3.36. The molecule has 104 valence electrons. The van der Waals surface area contributed by atoms with Crippen molar-refractivity contribution in [2.75, 3.05) is 11.9 Å². The third kappa shape index (κ3) is 2.75. The number of hydrogen-bond acceptors (Lipinski definition) is 6. The van der Waals surface area contributed by atoms with Crippen molar-refractivity contribution in [1.29, 1.82) is 0 Å². The van der Waals surface area contributed by atoms with Gasteiger partial charge in [0.05, 0.1) is 22.7 Å². The first-order chi connectivity index (χ1) is 9.50.